The summed E-state index contributed by atoms with van der Waals surface area (Å²) in [5.41, 5.74) is 21.1. The van der Waals surface area contributed by atoms with Crippen LogP contribution in [0.25, 0.3) is 5.57 Å². The summed E-state index contributed by atoms with van der Waals surface area (Å²) in [6.07, 6.45) is 29.3. The van der Waals surface area contributed by atoms with Gasteiger partial charge in [-0.2, -0.15) is 0 Å². The van der Waals surface area contributed by atoms with Crippen LogP contribution in [0.4, 0.5) is 0 Å². The van der Waals surface area contributed by atoms with Crippen LogP contribution in [0.2, 0.25) is 0 Å². The molecule has 8 aliphatic rings. The number of rotatable bonds is 4. The molecule has 0 aliphatic heterocycles. The third-order valence-electron chi connectivity index (χ3n) is 15.9. The van der Waals surface area contributed by atoms with Gasteiger partial charge < -0.3 is 4.90 Å². The van der Waals surface area contributed by atoms with Crippen molar-refractivity contribution in [2.75, 3.05) is 0 Å². The fourth-order valence-corrected chi connectivity index (χ4v) is 13.5. The third kappa shape index (κ3) is 4.69. The molecule has 1 spiro atoms. The summed E-state index contributed by atoms with van der Waals surface area (Å²) in [6.45, 7) is 7.31. The van der Waals surface area contributed by atoms with Crippen molar-refractivity contribution in [3.05, 3.63) is 170 Å². The summed E-state index contributed by atoms with van der Waals surface area (Å²) < 4.78 is 0. The van der Waals surface area contributed by atoms with Crippen LogP contribution in [-0.2, 0) is 5.41 Å². The van der Waals surface area contributed by atoms with Crippen molar-refractivity contribution in [3.8, 4) is 0 Å². The Kier molecular flexibility index (Phi) is 7.67. The topological polar surface area (TPSA) is 3.24 Å². The molecule has 4 unspecified atom stereocenters. The lowest BCUT2D eigenvalue weighted by Crippen LogP contribution is -2.46. The van der Waals surface area contributed by atoms with Gasteiger partial charge in [0.2, 0.25) is 0 Å². The summed E-state index contributed by atoms with van der Waals surface area (Å²) in [5, 5.41) is 0. The van der Waals surface area contributed by atoms with Crippen molar-refractivity contribution in [2.24, 2.45) is 11.3 Å². The van der Waals surface area contributed by atoms with Crippen LogP contribution in [0.15, 0.2) is 137 Å². The van der Waals surface area contributed by atoms with Crippen LogP contribution in [0, 0.1) is 18.3 Å². The summed E-state index contributed by atoms with van der Waals surface area (Å²) >= 11 is 0. The van der Waals surface area contributed by atoms with E-state index in [9.17, 15) is 0 Å². The molecule has 0 aromatic heterocycles. The van der Waals surface area contributed by atoms with Gasteiger partial charge in [-0.05, 0) is 175 Å². The van der Waals surface area contributed by atoms with E-state index in [1.807, 2.05) is 0 Å². The number of fused-ring (bicyclic) bond motifs is 11. The highest BCUT2D eigenvalue weighted by atomic mass is 15.2. The minimum absolute atomic E-state index is 0.0855. The fraction of sp³-hybridized carbons (Fsp3) is 0.434. The van der Waals surface area contributed by atoms with E-state index in [0.29, 0.717) is 29.8 Å². The zero-order valence-electron chi connectivity index (χ0n) is 32.8. The van der Waals surface area contributed by atoms with E-state index in [2.05, 4.69) is 129 Å². The van der Waals surface area contributed by atoms with Gasteiger partial charge in [-0.3, -0.25) is 0 Å². The molecule has 11 rings (SSSR count). The highest BCUT2D eigenvalue weighted by molar-refractivity contribution is 5.88. The lowest BCUT2D eigenvalue weighted by Gasteiger charge is -2.48. The summed E-state index contributed by atoms with van der Waals surface area (Å²) in [5.74, 6) is 1.77. The predicted octanol–water partition coefficient (Wildman–Crippen LogP) is 13.4. The zero-order chi connectivity index (χ0) is 36.2. The maximum atomic E-state index is 3.05. The van der Waals surface area contributed by atoms with Crippen molar-refractivity contribution in [2.45, 2.75) is 134 Å². The molecule has 0 N–H and O–H groups in total. The predicted molar refractivity (Wildman–Crippen MR) is 224 cm³/mol. The van der Waals surface area contributed by atoms with Crippen molar-refractivity contribution < 1.29 is 0 Å². The number of benzene rings is 3. The Labute approximate surface area is 324 Å². The van der Waals surface area contributed by atoms with Crippen LogP contribution in [0.1, 0.15) is 143 Å². The van der Waals surface area contributed by atoms with Crippen molar-refractivity contribution in [1.82, 2.24) is 4.90 Å². The van der Waals surface area contributed by atoms with Crippen LogP contribution >= 0.6 is 0 Å². The van der Waals surface area contributed by atoms with Gasteiger partial charge in [0.1, 0.15) is 0 Å². The molecular weight excluding hydrogens is 651 g/mol. The van der Waals surface area contributed by atoms with Crippen LogP contribution in [0.5, 0.6) is 0 Å². The molecule has 3 aromatic rings. The largest absolute Gasteiger partial charge is 0.365 e. The first-order chi connectivity index (χ1) is 26.4. The van der Waals surface area contributed by atoms with Gasteiger partial charge in [0.05, 0.1) is 5.41 Å². The lowest BCUT2D eigenvalue weighted by molar-refractivity contribution is 0.136. The van der Waals surface area contributed by atoms with Gasteiger partial charge in [0.25, 0.3) is 0 Å². The molecule has 0 radical (unpaired) electrons. The Morgan fingerprint density at radius 1 is 0.722 bits per heavy atom. The number of hydrogen-bond acceptors (Lipinski definition) is 1. The van der Waals surface area contributed by atoms with Crippen molar-refractivity contribution >= 4 is 5.57 Å². The second-order valence-electron chi connectivity index (χ2n) is 18.8. The van der Waals surface area contributed by atoms with Crippen molar-refractivity contribution in [1.29, 1.82) is 0 Å². The fourth-order valence-electron chi connectivity index (χ4n) is 13.5. The van der Waals surface area contributed by atoms with E-state index in [4.69, 9.17) is 0 Å². The molecule has 54 heavy (non-hydrogen) atoms. The van der Waals surface area contributed by atoms with Gasteiger partial charge in [-0.15, -0.1) is 0 Å². The number of allylic oxidation sites excluding steroid dienone is 11. The smallest absolute Gasteiger partial charge is 0.0642 e. The Bertz CT molecular complexity index is 2220. The summed E-state index contributed by atoms with van der Waals surface area (Å²) in [7, 11) is 0. The van der Waals surface area contributed by atoms with Gasteiger partial charge in [0, 0.05) is 23.7 Å². The van der Waals surface area contributed by atoms with E-state index in [1.165, 1.54) is 89.0 Å². The monoisotopic (exact) mass is 707 g/mol. The van der Waals surface area contributed by atoms with E-state index < -0.39 is 0 Å². The van der Waals surface area contributed by atoms with Crippen LogP contribution in [0.3, 0.4) is 0 Å². The molecule has 274 valence electrons. The van der Waals surface area contributed by atoms with Crippen molar-refractivity contribution in [3.63, 3.8) is 0 Å². The van der Waals surface area contributed by atoms with Crippen LogP contribution < -0.4 is 0 Å². The lowest BCUT2D eigenvalue weighted by atomic mass is 9.65. The average Bonchev–Trinajstić information content (AvgIpc) is 3.77. The number of hydrogen-bond donors (Lipinski definition) is 0. The van der Waals surface area contributed by atoms with E-state index in [0.717, 1.165) is 0 Å². The van der Waals surface area contributed by atoms with Gasteiger partial charge >= 0.3 is 0 Å². The molecule has 0 bridgehead atoms. The molecule has 1 nitrogen and oxygen atoms in total. The molecular formula is C53H57N. The molecule has 1 heteroatoms. The molecule has 0 amide bonds. The minimum atomic E-state index is -0.0855. The van der Waals surface area contributed by atoms with E-state index in [1.54, 1.807) is 67.0 Å². The average molecular weight is 708 g/mol. The number of aryl methyl sites for hydroxylation is 1. The van der Waals surface area contributed by atoms with E-state index in [-0.39, 0.29) is 10.8 Å². The summed E-state index contributed by atoms with van der Waals surface area (Å²) in [4.78, 5) is 3.05. The second kappa shape index (κ2) is 12.5. The SMILES string of the molecule is Cc1ccc(C2CCC(N(C3=CC=C4C5=C(C=CCC5)C(C)(C)C4C3)C3C=C4C(CC3)c3ccccc3C43C4=C(CCCC4)c4ccccc43)CC2)cc1. The standard InChI is InChI=1S/C53H57N/c1-34-20-22-35(23-21-34)36-24-26-37(27-25-36)54(38-28-30-44-40-12-4-8-16-46(40)52(2,3)50(44)32-38)39-29-31-45-43-15-7-11-19-49(43)53(51(45)33-39)47-17-9-5-13-41(47)42-14-6-10-18-48(42)53/h5,7-9,11,13,15-17,19-23,28,30,33,36-37,39,45,50H,4,6,10,12,14,18,24-27,29,31-32H2,1-3H3. The van der Waals surface area contributed by atoms with Crippen LogP contribution in [-0.4, -0.2) is 17.0 Å². The Hall–Kier alpha value is -4.10. The Balaban J connectivity index is 1.03. The van der Waals surface area contributed by atoms with Gasteiger partial charge in [-0.25, -0.2) is 0 Å². The maximum absolute atomic E-state index is 3.05. The Morgan fingerprint density at radius 2 is 1.50 bits per heavy atom. The zero-order valence-corrected chi connectivity index (χ0v) is 32.8. The number of nitrogens with zero attached hydrogens (tertiary/aromatic N) is 1. The first kappa shape index (κ1) is 33.3. The molecule has 4 atom stereocenters. The Morgan fingerprint density at radius 3 is 2.35 bits per heavy atom. The van der Waals surface area contributed by atoms with Gasteiger partial charge in [-0.1, -0.05) is 117 Å². The molecule has 1 fully saturated rings. The summed E-state index contributed by atoms with van der Waals surface area (Å²) in [6, 6.07) is 29.8. The molecule has 8 aliphatic carbocycles. The molecule has 0 saturated heterocycles. The maximum Gasteiger partial charge on any atom is 0.0642 e. The molecule has 1 saturated carbocycles. The molecule has 3 aromatic carbocycles. The van der Waals surface area contributed by atoms with Gasteiger partial charge in [0.15, 0.2) is 0 Å². The highest BCUT2D eigenvalue weighted by Crippen LogP contribution is 2.67. The highest BCUT2D eigenvalue weighted by Gasteiger charge is 2.57. The second-order valence-corrected chi connectivity index (χ2v) is 18.8. The normalized spacial score (nSPS) is 31.5. The quantitative estimate of drug-likeness (QED) is 0.244. The van der Waals surface area contributed by atoms with E-state index >= 15 is 0 Å². The first-order valence-corrected chi connectivity index (χ1v) is 21.7. The minimum Gasteiger partial charge on any atom is -0.365 e. The molecule has 0 heterocycles. The third-order valence-corrected chi connectivity index (χ3v) is 15.9. The first-order valence-electron chi connectivity index (χ1n) is 21.7.